The molecule has 29 heavy (non-hydrogen) atoms. The number of amides is 2. The molecule has 2 amide bonds. The van der Waals surface area contributed by atoms with Crippen molar-refractivity contribution in [3.63, 3.8) is 0 Å². The van der Waals surface area contributed by atoms with Crippen LogP contribution in [0.4, 0.5) is 0 Å². The van der Waals surface area contributed by atoms with Crippen LogP contribution in [0.25, 0.3) is 0 Å². The van der Waals surface area contributed by atoms with Crippen LogP contribution < -0.4 is 5.32 Å². The highest BCUT2D eigenvalue weighted by atomic mass is 16.4. The Kier molecular flexibility index (Phi) is 7.15. The van der Waals surface area contributed by atoms with Gasteiger partial charge in [-0.05, 0) is 40.8 Å². The van der Waals surface area contributed by atoms with E-state index in [0.717, 1.165) is 5.56 Å². The molecule has 0 aliphatic rings. The Labute approximate surface area is 171 Å². The van der Waals surface area contributed by atoms with Gasteiger partial charge in [-0.1, -0.05) is 45.0 Å². The van der Waals surface area contributed by atoms with Gasteiger partial charge in [-0.25, -0.2) is 0 Å². The van der Waals surface area contributed by atoms with Gasteiger partial charge >= 0.3 is 5.97 Å². The summed E-state index contributed by atoms with van der Waals surface area (Å²) in [6.45, 7) is 6.88. The van der Waals surface area contributed by atoms with Crippen LogP contribution in [0, 0.1) is 0 Å². The summed E-state index contributed by atoms with van der Waals surface area (Å²) in [5.74, 6) is -1.33. The van der Waals surface area contributed by atoms with Crippen molar-refractivity contribution < 1.29 is 19.5 Å². The van der Waals surface area contributed by atoms with Gasteiger partial charge in [0.25, 0.3) is 11.8 Å². The third-order valence-corrected chi connectivity index (χ3v) is 4.67. The summed E-state index contributed by atoms with van der Waals surface area (Å²) >= 11 is 0. The number of hydrogen-bond donors (Lipinski definition) is 2. The fourth-order valence-electron chi connectivity index (χ4n) is 2.76. The number of carboxylic acids is 1. The van der Waals surface area contributed by atoms with Crippen molar-refractivity contribution in [1.82, 2.24) is 10.2 Å². The summed E-state index contributed by atoms with van der Waals surface area (Å²) in [4.78, 5) is 36.6. The number of hydrogen-bond acceptors (Lipinski definition) is 3. The molecule has 0 aromatic heterocycles. The molecule has 0 heterocycles. The first-order chi connectivity index (χ1) is 13.6. The van der Waals surface area contributed by atoms with Crippen molar-refractivity contribution in [2.24, 2.45) is 0 Å². The lowest BCUT2D eigenvalue weighted by Gasteiger charge is -2.19. The van der Waals surface area contributed by atoms with Crippen LogP contribution in [0.3, 0.4) is 0 Å². The molecule has 0 saturated heterocycles. The average molecular weight is 396 g/mol. The van der Waals surface area contributed by atoms with E-state index in [1.165, 1.54) is 10.5 Å². The zero-order valence-electron chi connectivity index (χ0n) is 17.4. The SMILES string of the molecule is CN(CCC(=O)O)C(=O)c1ccc(CNC(=O)c2ccc(C(C)(C)C)cc2)cc1. The fraction of sp³-hybridized carbons (Fsp3) is 0.348. The Morgan fingerprint density at radius 2 is 1.48 bits per heavy atom. The van der Waals surface area contributed by atoms with E-state index >= 15 is 0 Å². The topological polar surface area (TPSA) is 86.7 Å². The number of carbonyl (C=O) groups excluding carboxylic acids is 2. The molecule has 0 saturated carbocycles. The minimum absolute atomic E-state index is 0.0376. The predicted octanol–water partition coefficient (Wildman–Crippen LogP) is 3.46. The van der Waals surface area contributed by atoms with Crippen LogP contribution in [0.5, 0.6) is 0 Å². The van der Waals surface area contributed by atoms with Gasteiger partial charge in [0.15, 0.2) is 0 Å². The van der Waals surface area contributed by atoms with Crippen LogP contribution in [0.15, 0.2) is 48.5 Å². The quantitative estimate of drug-likeness (QED) is 0.750. The number of carboxylic acid groups (broad SMARTS) is 1. The van der Waals surface area contributed by atoms with Crippen molar-refractivity contribution in [2.45, 2.75) is 39.2 Å². The Morgan fingerprint density at radius 3 is 2.00 bits per heavy atom. The lowest BCUT2D eigenvalue weighted by atomic mass is 9.87. The van der Waals surface area contributed by atoms with E-state index in [2.05, 4.69) is 26.1 Å². The van der Waals surface area contributed by atoms with Crippen molar-refractivity contribution >= 4 is 17.8 Å². The molecule has 2 aromatic rings. The summed E-state index contributed by atoms with van der Waals surface area (Å²) in [5, 5.41) is 11.6. The van der Waals surface area contributed by atoms with E-state index in [4.69, 9.17) is 5.11 Å². The van der Waals surface area contributed by atoms with Gasteiger partial charge in [0.05, 0.1) is 6.42 Å². The Balaban J connectivity index is 1.92. The molecule has 0 radical (unpaired) electrons. The molecule has 0 atom stereocenters. The van der Waals surface area contributed by atoms with Crippen LogP contribution in [-0.4, -0.2) is 41.4 Å². The first-order valence-electron chi connectivity index (χ1n) is 9.53. The van der Waals surface area contributed by atoms with Crippen molar-refractivity contribution in [3.05, 3.63) is 70.8 Å². The highest BCUT2D eigenvalue weighted by Crippen LogP contribution is 2.22. The molecule has 0 bridgehead atoms. The molecule has 2 N–H and O–H groups in total. The Morgan fingerprint density at radius 1 is 0.931 bits per heavy atom. The van der Waals surface area contributed by atoms with Gasteiger partial charge in [0.2, 0.25) is 0 Å². The summed E-state index contributed by atoms with van der Waals surface area (Å²) in [6, 6.07) is 14.5. The second-order valence-corrected chi connectivity index (χ2v) is 8.08. The van der Waals surface area contributed by atoms with E-state index in [1.807, 2.05) is 24.3 Å². The highest BCUT2D eigenvalue weighted by Gasteiger charge is 2.15. The van der Waals surface area contributed by atoms with Crippen molar-refractivity contribution in [2.75, 3.05) is 13.6 Å². The van der Waals surface area contributed by atoms with Crippen molar-refractivity contribution in [3.8, 4) is 0 Å². The number of benzene rings is 2. The van der Waals surface area contributed by atoms with E-state index in [9.17, 15) is 14.4 Å². The maximum Gasteiger partial charge on any atom is 0.305 e. The lowest BCUT2D eigenvalue weighted by molar-refractivity contribution is -0.137. The van der Waals surface area contributed by atoms with Gasteiger partial charge < -0.3 is 15.3 Å². The minimum Gasteiger partial charge on any atom is -0.481 e. The summed E-state index contributed by atoms with van der Waals surface area (Å²) in [5.41, 5.74) is 3.16. The molecule has 0 aliphatic heterocycles. The molecular weight excluding hydrogens is 368 g/mol. The van der Waals surface area contributed by atoms with E-state index in [1.54, 1.807) is 31.3 Å². The van der Waals surface area contributed by atoms with Gasteiger partial charge in [-0.2, -0.15) is 0 Å². The first-order valence-corrected chi connectivity index (χ1v) is 9.53. The first kappa shape index (κ1) is 22.1. The molecule has 2 aromatic carbocycles. The molecule has 0 aliphatic carbocycles. The van der Waals surface area contributed by atoms with Crippen LogP contribution in [-0.2, 0) is 16.8 Å². The maximum absolute atomic E-state index is 12.4. The zero-order chi connectivity index (χ0) is 21.6. The molecule has 6 heteroatoms. The maximum atomic E-state index is 12.4. The predicted molar refractivity (Wildman–Crippen MR) is 112 cm³/mol. The van der Waals surface area contributed by atoms with Crippen molar-refractivity contribution in [1.29, 1.82) is 0 Å². The molecular formula is C23H28N2O4. The van der Waals surface area contributed by atoms with Gasteiger partial charge in [0.1, 0.15) is 0 Å². The number of aliphatic carboxylic acids is 1. The zero-order valence-corrected chi connectivity index (χ0v) is 17.4. The second kappa shape index (κ2) is 9.37. The van der Waals surface area contributed by atoms with E-state index in [-0.39, 0.29) is 30.2 Å². The third-order valence-electron chi connectivity index (χ3n) is 4.67. The number of carbonyl (C=O) groups is 3. The van der Waals surface area contributed by atoms with E-state index in [0.29, 0.717) is 17.7 Å². The number of rotatable bonds is 7. The monoisotopic (exact) mass is 396 g/mol. The third kappa shape index (κ3) is 6.45. The van der Waals surface area contributed by atoms with Crippen LogP contribution in [0.1, 0.15) is 59.0 Å². The summed E-state index contributed by atoms with van der Waals surface area (Å²) in [6.07, 6.45) is -0.0942. The summed E-state index contributed by atoms with van der Waals surface area (Å²) < 4.78 is 0. The Bertz CT molecular complexity index is 865. The number of nitrogens with one attached hydrogen (secondary N) is 1. The largest absolute Gasteiger partial charge is 0.481 e. The smallest absolute Gasteiger partial charge is 0.305 e. The summed E-state index contributed by atoms with van der Waals surface area (Å²) in [7, 11) is 1.57. The molecule has 2 rings (SSSR count). The second-order valence-electron chi connectivity index (χ2n) is 8.08. The van der Waals surface area contributed by atoms with Gasteiger partial charge in [-0.15, -0.1) is 0 Å². The van der Waals surface area contributed by atoms with E-state index < -0.39 is 5.97 Å². The normalized spacial score (nSPS) is 11.0. The van der Waals surface area contributed by atoms with Crippen LogP contribution >= 0.6 is 0 Å². The number of nitrogens with zero attached hydrogens (tertiary/aromatic N) is 1. The highest BCUT2D eigenvalue weighted by molar-refractivity contribution is 5.95. The van der Waals surface area contributed by atoms with Crippen LogP contribution in [0.2, 0.25) is 0 Å². The fourth-order valence-corrected chi connectivity index (χ4v) is 2.76. The minimum atomic E-state index is -0.941. The van der Waals surface area contributed by atoms with Gasteiger partial charge in [0, 0.05) is 31.3 Å². The molecule has 154 valence electrons. The van der Waals surface area contributed by atoms with Gasteiger partial charge in [-0.3, -0.25) is 14.4 Å². The average Bonchev–Trinajstić information content (AvgIpc) is 2.69. The molecule has 0 spiro atoms. The Hall–Kier alpha value is -3.15. The molecule has 0 fully saturated rings. The lowest BCUT2D eigenvalue weighted by Crippen LogP contribution is -2.29. The molecule has 6 nitrogen and oxygen atoms in total. The molecule has 0 unspecified atom stereocenters. The standard InChI is InChI=1S/C23H28N2O4/c1-23(2,3)19-11-9-17(10-12-19)21(28)24-15-16-5-7-18(8-6-16)22(29)25(4)14-13-20(26)27/h5-12H,13-15H2,1-4H3,(H,24,28)(H,26,27).